The lowest BCUT2D eigenvalue weighted by atomic mass is 9.99. The topological polar surface area (TPSA) is 97.1 Å². The van der Waals surface area contributed by atoms with Crippen molar-refractivity contribution in [2.75, 3.05) is 71.1 Å². The summed E-state index contributed by atoms with van der Waals surface area (Å²) in [5.41, 5.74) is 9.77. The number of morpholine rings is 1. The Balaban J connectivity index is 1.45. The van der Waals surface area contributed by atoms with Crippen LogP contribution in [0.5, 0.6) is 0 Å². The van der Waals surface area contributed by atoms with E-state index in [9.17, 15) is 9.59 Å². The van der Waals surface area contributed by atoms with Gasteiger partial charge in [0.1, 0.15) is 0 Å². The summed E-state index contributed by atoms with van der Waals surface area (Å²) in [6.07, 6.45) is 0. The highest BCUT2D eigenvalue weighted by molar-refractivity contribution is 6.42. The van der Waals surface area contributed by atoms with Gasteiger partial charge in [-0.05, 0) is 47.0 Å². The molecule has 41 heavy (non-hydrogen) atoms. The Morgan fingerprint density at radius 1 is 1.00 bits per heavy atom. The van der Waals surface area contributed by atoms with Crippen LogP contribution in [0.25, 0.3) is 11.1 Å². The Labute approximate surface area is 251 Å². The molecule has 4 rings (SSSR count). The Morgan fingerprint density at radius 3 is 2.27 bits per heavy atom. The molecule has 1 atom stereocenters. The van der Waals surface area contributed by atoms with Crippen LogP contribution in [0.2, 0.25) is 10.0 Å². The molecule has 8 nitrogen and oxygen atoms in total. The highest BCUT2D eigenvalue weighted by Crippen LogP contribution is 2.27. The number of nitrogens with zero attached hydrogens (tertiary/aromatic N) is 2. The Hall–Kier alpha value is -2.98. The fraction of sp³-hybridized carbons (Fsp3) is 0.355. The third-order valence-corrected chi connectivity index (χ3v) is 7.85. The number of halogens is 2. The van der Waals surface area contributed by atoms with Crippen LogP contribution in [-0.4, -0.2) is 82.8 Å². The van der Waals surface area contributed by atoms with Crippen LogP contribution in [0.15, 0.2) is 66.7 Å². The summed E-state index contributed by atoms with van der Waals surface area (Å²) in [5.74, 6) is -0.400. The molecule has 0 saturated carbocycles. The highest BCUT2D eigenvalue weighted by atomic mass is 35.5. The molecular weight excluding hydrogens is 563 g/mol. The summed E-state index contributed by atoms with van der Waals surface area (Å²) in [6.45, 7) is 5.26. The molecular formula is C31H36Cl2N4O4. The average Bonchev–Trinajstić information content (AvgIpc) is 2.99. The SMILES string of the molecule is COCCN(CC(=O)CNC(CN1CCOCC1)c1ccc(-c2ccc(C(N)=O)cc2)cc1)c1ccc(Cl)c(Cl)c1. The van der Waals surface area contributed by atoms with Gasteiger partial charge in [-0.1, -0.05) is 59.6 Å². The van der Waals surface area contributed by atoms with Crippen molar-refractivity contribution < 1.29 is 19.1 Å². The van der Waals surface area contributed by atoms with Crippen LogP contribution in [-0.2, 0) is 14.3 Å². The van der Waals surface area contributed by atoms with Crippen molar-refractivity contribution in [2.45, 2.75) is 6.04 Å². The zero-order valence-electron chi connectivity index (χ0n) is 23.2. The van der Waals surface area contributed by atoms with E-state index in [4.69, 9.17) is 38.4 Å². The van der Waals surface area contributed by atoms with E-state index < -0.39 is 5.91 Å². The van der Waals surface area contributed by atoms with Crippen molar-refractivity contribution in [3.63, 3.8) is 0 Å². The highest BCUT2D eigenvalue weighted by Gasteiger charge is 2.20. The molecule has 1 unspecified atom stereocenters. The Morgan fingerprint density at radius 2 is 1.66 bits per heavy atom. The minimum absolute atomic E-state index is 0.0466. The number of carbonyl (C=O) groups is 2. The minimum Gasteiger partial charge on any atom is -0.383 e. The molecule has 0 bridgehead atoms. The van der Waals surface area contributed by atoms with Crippen molar-refractivity contribution >= 4 is 40.6 Å². The molecule has 1 saturated heterocycles. The van der Waals surface area contributed by atoms with Gasteiger partial charge in [-0.15, -0.1) is 0 Å². The number of Topliss-reactive ketones (excluding diaryl/α,β-unsaturated/α-hetero) is 1. The van der Waals surface area contributed by atoms with E-state index in [0.717, 1.165) is 42.0 Å². The summed E-state index contributed by atoms with van der Waals surface area (Å²) >= 11 is 12.3. The lowest BCUT2D eigenvalue weighted by Crippen LogP contribution is -2.44. The Kier molecular flexibility index (Phi) is 11.6. The molecule has 10 heteroatoms. The quantitative estimate of drug-likeness (QED) is 0.283. The molecule has 0 radical (unpaired) electrons. The number of primary amides is 1. The van der Waals surface area contributed by atoms with E-state index in [-0.39, 0.29) is 24.9 Å². The predicted molar refractivity (Wildman–Crippen MR) is 164 cm³/mol. The maximum Gasteiger partial charge on any atom is 0.248 e. The summed E-state index contributed by atoms with van der Waals surface area (Å²) < 4.78 is 10.8. The molecule has 1 amide bonds. The van der Waals surface area contributed by atoms with Crippen LogP contribution in [0, 0.1) is 0 Å². The fourth-order valence-corrected chi connectivity index (χ4v) is 5.05. The number of hydrogen-bond acceptors (Lipinski definition) is 7. The number of methoxy groups -OCH3 is 1. The number of ketones is 1. The van der Waals surface area contributed by atoms with E-state index in [2.05, 4.69) is 34.5 Å². The van der Waals surface area contributed by atoms with Crippen LogP contribution in [0.3, 0.4) is 0 Å². The molecule has 0 aromatic heterocycles. The van der Waals surface area contributed by atoms with Gasteiger partial charge in [0.05, 0.1) is 43.0 Å². The second-order valence-electron chi connectivity index (χ2n) is 9.96. The van der Waals surface area contributed by atoms with E-state index >= 15 is 0 Å². The van der Waals surface area contributed by atoms with Gasteiger partial charge in [-0.3, -0.25) is 14.5 Å². The molecule has 3 aromatic carbocycles. The smallest absolute Gasteiger partial charge is 0.248 e. The summed E-state index contributed by atoms with van der Waals surface area (Å²) in [7, 11) is 1.63. The maximum atomic E-state index is 13.2. The first-order chi connectivity index (χ1) is 19.8. The van der Waals surface area contributed by atoms with E-state index in [1.165, 1.54) is 0 Å². The second-order valence-corrected chi connectivity index (χ2v) is 10.8. The van der Waals surface area contributed by atoms with Gasteiger partial charge in [-0.25, -0.2) is 0 Å². The van der Waals surface area contributed by atoms with Crippen LogP contribution < -0.4 is 16.0 Å². The third-order valence-electron chi connectivity index (χ3n) is 7.11. The standard InChI is InChI=1S/C31H36Cl2N4O4/c1-40-15-14-37(26-10-11-28(32)29(33)18-26)20-27(38)19-35-30(21-36-12-16-41-17-13-36)24-6-2-22(3-7-24)23-4-8-25(9-5-23)31(34)39/h2-11,18,30,35H,12-17,19-21H2,1H3,(H2,34,39). The molecule has 1 aliphatic heterocycles. The van der Waals surface area contributed by atoms with Crippen LogP contribution in [0.4, 0.5) is 5.69 Å². The van der Waals surface area contributed by atoms with E-state index in [1.54, 1.807) is 31.4 Å². The van der Waals surface area contributed by atoms with Crippen molar-refractivity contribution in [3.8, 4) is 11.1 Å². The number of hydrogen-bond donors (Lipinski definition) is 2. The van der Waals surface area contributed by atoms with Crippen molar-refractivity contribution in [2.24, 2.45) is 5.73 Å². The monoisotopic (exact) mass is 598 g/mol. The molecule has 3 N–H and O–H groups in total. The predicted octanol–water partition coefficient (Wildman–Crippen LogP) is 4.44. The van der Waals surface area contributed by atoms with Crippen molar-refractivity contribution in [1.29, 1.82) is 0 Å². The first-order valence-corrected chi connectivity index (χ1v) is 14.3. The number of carbonyl (C=O) groups excluding carboxylic acids is 2. The average molecular weight is 600 g/mol. The number of ether oxygens (including phenoxy) is 2. The number of nitrogens with one attached hydrogen (secondary N) is 1. The van der Waals surface area contributed by atoms with Gasteiger partial charge >= 0.3 is 0 Å². The minimum atomic E-state index is -0.447. The number of amides is 1. The van der Waals surface area contributed by atoms with Gasteiger partial charge in [0.25, 0.3) is 0 Å². The number of nitrogens with two attached hydrogens (primary N) is 1. The van der Waals surface area contributed by atoms with Gasteiger partial charge in [0.15, 0.2) is 5.78 Å². The van der Waals surface area contributed by atoms with Crippen molar-refractivity contribution in [3.05, 3.63) is 87.9 Å². The molecule has 1 aliphatic rings. The fourth-order valence-electron chi connectivity index (χ4n) is 4.75. The van der Waals surface area contributed by atoms with Crippen molar-refractivity contribution in [1.82, 2.24) is 10.2 Å². The first kappa shape index (κ1) is 31.0. The third kappa shape index (κ3) is 9.00. The molecule has 0 aliphatic carbocycles. The molecule has 1 heterocycles. The van der Waals surface area contributed by atoms with Crippen LogP contribution >= 0.6 is 23.2 Å². The number of anilines is 1. The lowest BCUT2D eigenvalue weighted by molar-refractivity contribution is -0.117. The molecule has 3 aromatic rings. The molecule has 0 spiro atoms. The first-order valence-electron chi connectivity index (χ1n) is 13.6. The zero-order chi connectivity index (χ0) is 29.2. The Bertz CT molecular complexity index is 1300. The second kappa shape index (κ2) is 15.3. The van der Waals surface area contributed by atoms with Gasteiger partial charge in [-0.2, -0.15) is 0 Å². The lowest BCUT2D eigenvalue weighted by Gasteiger charge is -2.31. The maximum absolute atomic E-state index is 13.2. The summed E-state index contributed by atoms with van der Waals surface area (Å²) in [5, 5.41) is 4.41. The van der Waals surface area contributed by atoms with Gasteiger partial charge in [0, 0.05) is 50.6 Å². The van der Waals surface area contributed by atoms with E-state index in [0.29, 0.717) is 42.0 Å². The van der Waals surface area contributed by atoms with E-state index in [1.807, 2.05) is 23.1 Å². The molecule has 218 valence electrons. The zero-order valence-corrected chi connectivity index (χ0v) is 24.7. The van der Waals surface area contributed by atoms with Gasteiger partial charge < -0.3 is 25.4 Å². The number of rotatable bonds is 14. The summed E-state index contributed by atoms with van der Waals surface area (Å²) in [6, 6.07) is 20.8. The largest absolute Gasteiger partial charge is 0.383 e. The van der Waals surface area contributed by atoms with Gasteiger partial charge in [0.2, 0.25) is 5.91 Å². The normalized spacial score (nSPS) is 14.5. The summed E-state index contributed by atoms with van der Waals surface area (Å²) in [4.78, 5) is 28.9. The molecule has 1 fully saturated rings. The number of benzene rings is 3. The van der Waals surface area contributed by atoms with Crippen LogP contribution in [0.1, 0.15) is 22.0 Å².